The number of amides is 1. The lowest BCUT2D eigenvalue weighted by atomic mass is 9.93. The lowest BCUT2D eigenvalue weighted by molar-refractivity contribution is -0.110. The molecule has 5 rings (SSSR count). The molecule has 194 valence electrons. The number of carbonyl (C=O) groups excluding carboxylic acids is 1. The van der Waals surface area contributed by atoms with Gasteiger partial charge in [-0.05, 0) is 78.4 Å². The molecule has 0 saturated heterocycles. The zero-order valence-corrected chi connectivity index (χ0v) is 21.2. The van der Waals surface area contributed by atoms with Crippen molar-refractivity contribution in [1.82, 2.24) is 15.3 Å². The molecular formula is C31H29F2N3O2. The van der Waals surface area contributed by atoms with E-state index in [2.05, 4.69) is 22.2 Å². The molecule has 3 N–H and O–H groups in total. The minimum atomic E-state index is -0.648. The van der Waals surface area contributed by atoms with E-state index in [-0.39, 0.29) is 6.42 Å². The number of benzene rings is 3. The molecule has 7 heteroatoms. The molecule has 0 aliphatic heterocycles. The zero-order valence-electron chi connectivity index (χ0n) is 21.2. The van der Waals surface area contributed by atoms with Crippen LogP contribution in [0.2, 0.25) is 0 Å². The molecule has 2 aromatic heterocycles. The third-order valence-corrected chi connectivity index (χ3v) is 6.37. The highest BCUT2D eigenvalue weighted by Gasteiger charge is 2.19. The van der Waals surface area contributed by atoms with E-state index in [1.807, 2.05) is 55.6 Å². The van der Waals surface area contributed by atoms with Crippen LogP contribution in [0.3, 0.4) is 0 Å². The third-order valence-electron chi connectivity index (χ3n) is 6.37. The van der Waals surface area contributed by atoms with Crippen molar-refractivity contribution >= 4 is 17.3 Å². The van der Waals surface area contributed by atoms with Gasteiger partial charge in [0.2, 0.25) is 6.41 Å². The van der Waals surface area contributed by atoms with E-state index in [0.29, 0.717) is 23.4 Å². The average Bonchev–Trinajstić information content (AvgIpc) is 3.31. The molecule has 5 nitrogen and oxygen atoms in total. The number of nitrogens with one attached hydrogen (secondary N) is 2. The van der Waals surface area contributed by atoms with Crippen molar-refractivity contribution in [2.75, 3.05) is 0 Å². The summed E-state index contributed by atoms with van der Waals surface area (Å²) >= 11 is 0. The Kier molecular flexibility index (Phi) is 8.48. The maximum absolute atomic E-state index is 13.5. The van der Waals surface area contributed by atoms with Gasteiger partial charge in [-0.1, -0.05) is 37.3 Å². The van der Waals surface area contributed by atoms with E-state index >= 15 is 0 Å². The van der Waals surface area contributed by atoms with E-state index in [0.717, 1.165) is 40.1 Å². The van der Waals surface area contributed by atoms with Gasteiger partial charge in [0.05, 0.1) is 11.7 Å². The van der Waals surface area contributed by atoms with Gasteiger partial charge in [-0.2, -0.15) is 0 Å². The molecule has 1 atom stereocenters. The molecule has 0 bridgehead atoms. The first kappa shape index (κ1) is 26.5. The molecule has 38 heavy (non-hydrogen) atoms. The van der Waals surface area contributed by atoms with Crippen LogP contribution in [0.15, 0.2) is 85.2 Å². The number of phenolic OH excluding ortho intramolecular Hbond substituents is 1. The highest BCUT2D eigenvalue weighted by Crippen LogP contribution is 2.30. The van der Waals surface area contributed by atoms with Crippen LogP contribution in [-0.2, 0) is 17.6 Å². The second-order valence-electron chi connectivity index (χ2n) is 8.97. The average molecular weight is 514 g/mol. The number of aromatic hydroxyl groups is 1. The largest absolute Gasteiger partial charge is 0.508 e. The van der Waals surface area contributed by atoms with Crippen LogP contribution >= 0.6 is 0 Å². The number of aromatic nitrogens is 2. The number of aromatic amines is 1. The summed E-state index contributed by atoms with van der Waals surface area (Å²) in [7, 11) is 0. The lowest BCUT2D eigenvalue weighted by Gasteiger charge is -2.20. The Morgan fingerprint density at radius 2 is 1.74 bits per heavy atom. The number of rotatable bonds is 7. The molecule has 0 aliphatic rings. The van der Waals surface area contributed by atoms with E-state index in [1.54, 1.807) is 18.3 Å². The Morgan fingerprint density at radius 3 is 2.45 bits per heavy atom. The number of phenols is 1. The highest BCUT2D eigenvalue weighted by atomic mass is 19.1. The Labute approximate surface area is 220 Å². The Hall–Kier alpha value is -4.52. The van der Waals surface area contributed by atoms with Gasteiger partial charge in [-0.15, -0.1) is 0 Å². The maximum Gasteiger partial charge on any atom is 0.207 e. The number of nitrogens with zero attached hydrogens (tertiary/aromatic N) is 1. The number of halogens is 2. The summed E-state index contributed by atoms with van der Waals surface area (Å²) in [4.78, 5) is 18.7. The van der Waals surface area contributed by atoms with Crippen molar-refractivity contribution in [2.45, 2.75) is 32.7 Å². The van der Waals surface area contributed by atoms with Crippen molar-refractivity contribution in [3.63, 3.8) is 0 Å². The molecule has 0 aliphatic carbocycles. The second-order valence-corrected chi connectivity index (χ2v) is 8.97. The zero-order chi connectivity index (χ0) is 27.1. The van der Waals surface area contributed by atoms with Gasteiger partial charge in [0.25, 0.3) is 0 Å². The molecule has 5 aromatic rings. The fraction of sp³-hybridized carbons (Fsp3) is 0.161. The number of aryl methyl sites for hydroxylation is 2. The SMILES string of the molecule is CCc1c[nH]c2ccc(O)cc12.Cc1ccccc1-c1cccnc1C(Cc1cc(F)cc(F)c1)NC=O. The Balaban J connectivity index is 0.000000232. The number of H-pyrrole nitrogens is 1. The molecule has 1 unspecified atom stereocenters. The number of pyridine rings is 1. The minimum absolute atomic E-state index is 0.226. The standard InChI is InChI=1S/C21H18F2N2O.C10H11NO/c1-14-5-2-3-6-18(14)19-7-4-8-24-21(19)20(25-13-26)11-15-9-16(22)12-17(23)10-15;1-2-7-6-11-10-4-3-8(12)5-9(7)10/h2-10,12-13,20H,11H2,1H3,(H,25,26);3-6,11-12H,2H2,1H3. The van der Waals surface area contributed by atoms with E-state index < -0.39 is 17.7 Å². The molecule has 1 amide bonds. The molecule has 0 spiro atoms. The van der Waals surface area contributed by atoms with Gasteiger partial charge in [-0.3, -0.25) is 9.78 Å². The first-order valence-electron chi connectivity index (χ1n) is 12.3. The van der Waals surface area contributed by atoms with Crippen molar-refractivity contribution < 1.29 is 18.7 Å². The summed E-state index contributed by atoms with van der Waals surface area (Å²) in [6, 6.07) is 19.8. The summed E-state index contributed by atoms with van der Waals surface area (Å²) in [6.07, 6.45) is 5.43. The third kappa shape index (κ3) is 6.24. The van der Waals surface area contributed by atoms with Crippen LogP contribution in [0.4, 0.5) is 8.78 Å². The van der Waals surface area contributed by atoms with Gasteiger partial charge < -0.3 is 15.4 Å². The van der Waals surface area contributed by atoms with E-state index in [9.17, 15) is 18.7 Å². The highest BCUT2D eigenvalue weighted by molar-refractivity contribution is 5.84. The van der Waals surface area contributed by atoms with Crippen LogP contribution in [0.5, 0.6) is 5.75 Å². The fourth-order valence-corrected chi connectivity index (χ4v) is 4.54. The summed E-state index contributed by atoms with van der Waals surface area (Å²) < 4.78 is 27.0. The van der Waals surface area contributed by atoms with E-state index in [1.165, 1.54) is 17.7 Å². The van der Waals surface area contributed by atoms with Crippen molar-refractivity contribution in [1.29, 1.82) is 0 Å². The summed E-state index contributed by atoms with van der Waals surface area (Å²) in [6.45, 7) is 4.10. The monoisotopic (exact) mass is 513 g/mol. The van der Waals surface area contributed by atoms with Gasteiger partial charge in [0, 0.05) is 34.9 Å². The van der Waals surface area contributed by atoms with Crippen molar-refractivity contribution in [3.05, 3.63) is 119 Å². The molecule has 2 heterocycles. The second kappa shape index (κ2) is 12.1. The quantitative estimate of drug-likeness (QED) is 0.210. The summed E-state index contributed by atoms with van der Waals surface area (Å²) in [5, 5.41) is 13.1. The molecule has 0 saturated carbocycles. The minimum Gasteiger partial charge on any atom is -0.508 e. The Bertz CT molecular complexity index is 1530. The topological polar surface area (TPSA) is 78.0 Å². The molecule has 3 aromatic carbocycles. The van der Waals surface area contributed by atoms with Gasteiger partial charge in [0.1, 0.15) is 17.4 Å². The van der Waals surface area contributed by atoms with Gasteiger partial charge >= 0.3 is 0 Å². The predicted octanol–water partition coefficient (Wildman–Crippen LogP) is 6.80. The first-order valence-corrected chi connectivity index (χ1v) is 12.3. The fourth-order valence-electron chi connectivity index (χ4n) is 4.54. The number of fused-ring (bicyclic) bond motifs is 1. The van der Waals surface area contributed by atoms with Crippen molar-refractivity contribution in [3.8, 4) is 16.9 Å². The number of hydrogen-bond acceptors (Lipinski definition) is 3. The first-order chi connectivity index (χ1) is 18.4. The summed E-state index contributed by atoms with van der Waals surface area (Å²) in [5.41, 5.74) is 6.39. The van der Waals surface area contributed by atoms with Gasteiger partial charge in [-0.25, -0.2) is 8.78 Å². The van der Waals surface area contributed by atoms with Crippen LogP contribution in [0.1, 0.15) is 35.3 Å². The van der Waals surface area contributed by atoms with Crippen LogP contribution in [-0.4, -0.2) is 21.5 Å². The van der Waals surface area contributed by atoms with Crippen LogP contribution in [0, 0.1) is 18.6 Å². The van der Waals surface area contributed by atoms with Crippen LogP contribution < -0.4 is 5.32 Å². The lowest BCUT2D eigenvalue weighted by Crippen LogP contribution is -2.23. The normalized spacial score (nSPS) is 11.5. The summed E-state index contributed by atoms with van der Waals surface area (Å²) in [5.74, 6) is -0.966. The Morgan fingerprint density at radius 1 is 1.00 bits per heavy atom. The maximum atomic E-state index is 13.5. The smallest absolute Gasteiger partial charge is 0.207 e. The van der Waals surface area contributed by atoms with E-state index in [4.69, 9.17) is 0 Å². The number of hydrogen-bond donors (Lipinski definition) is 3. The van der Waals surface area contributed by atoms with Crippen molar-refractivity contribution in [2.24, 2.45) is 0 Å². The predicted molar refractivity (Wildman–Crippen MR) is 146 cm³/mol. The molecular weight excluding hydrogens is 484 g/mol. The molecule has 0 radical (unpaired) electrons. The van der Waals surface area contributed by atoms with Gasteiger partial charge in [0.15, 0.2) is 0 Å². The number of carbonyl (C=O) groups is 1. The molecule has 0 fully saturated rings. The van der Waals surface area contributed by atoms with Crippen LogP contribution in [0.25, 0.3) is 22.0 Å².